The number of hydrogen-bond donors (Lipinski definition) is 3. The van der Waals surface area contributed by atoms with Crippen LogP contribution in [0.4, 0.5) is 16.5 Å². The zero-order valence-corrected chi connectivity index (χ0v) is 12.4. The van der Waals surface area contributed by atoms with Crippen LogP contribution in [0.5, 0.6) is 0 Å². The van der Waals surface area contributed by atoms with Crippen LogP contribution in [0.3, 0.4) is 0 Å². The largest absolute Gasteiger partial charge is 0.397 e. The molecule has 0 atom stereocenters. The maximum Gasteiger partial charge on any atom is 0.205 e. The van der Waals surface area contributed by atoms with Gasteiger partial charge in [0.2, 0.25) is 5.78 Å². The van der Waals surface area contributed by atoms with Gasteiger partial charge in [-0.2, -0.15) is 0 Å². The number of aromatic nitrogens is 1. The van der Waals surface area contributed by atoms with E-state index in [0.717, 1.165) is 17.4 Å². The highest BCUT2D eigenvalue weighted by molar-refractivity contribution is 7.17. The first-order valence-corrected chi connectivity index (χ1v) is 7.31. The Morgan fingerprint density at radius 2 is 2.05 bits per heavy atom. The van der Waals surface area contributed by atoms with Crippen LogP contribution in [0.1, 0.15) is 34.8 Å². The van der Waals surface area contributed by atoms with Crippen LogP contribution in [-0.4, -0.2) is 17.3 Å². The number of aryl methyl sites for hydroxylation is 1. The minimum Gasteiger partial charge on any atom is -0.397 e. The number of nitrogen functional groups attached to an aromatic ring is 2. The standard InChI is InChI=1S/C14H18N4OS/c1-3-11-13(20-14(18-11)17-4-2)12(19)8-5-6-9(15)10(16)7-8/h5-7H,3-4,15-16H2,1-2H3,(H,17,18). The number of nitrogens with zero attached hydrogens (tertiary/aromatic N) is 1. The minimum atomic E-state index is -0.0600. The van der Waals surface area contributed by atoms with E-state index in [1.807, 2.05) is 13.8 Å². The summed E-state index contributed by atoms with van der Waals surface area (Å²) >= 11 is 1.38. The molecule has 0 fully saturated rings. The van der Waals surface area contributed by atoms with Crippen LogP contribution >= 0.6 is 11.3 Å². The number of nitrogens with one attached hydrogen (secondary N) is 1. The SMILES string of the molecule is CCNc1nc(CC)c(C(=O)c2ccc(N)c(N)c2)s1. The quantitative estimate of drug-likeness (QED) is 0.581. The Bertz CT molecular complexity index is 636. The Kier molecular flexibility index (Phi) is 4.24. The highest BCUT2D eigenvalue weighted by atomic mass is 32.1. The summed E-state index contributed by atoms with van der Waals surface area (Å²) in [6.07, 6.45) is 0.716. The first kappa shape index (κ1) is 14.3. The highest BCUT2D eigenvalue weighted by Crippen LogP contribution is 2.27. The van der Waals surface area contributed by atoms with Crippen LogP contribution in [-0.2, 0) is 6.42 Å². The van der Waals surface area contributed by atoms with E-state index in [0.29, 0.717) is 28.2 Å². The van der Waals surface area contributed by atoms with Gasteiger partial charge in [0.15, 0.2) is 5.13 Å². The summed E-state index contributed by atoms with van der Waals surface area (Å²) in [5, 5.41) is 3.91. The van der Waals surface area contributed by atoms with Crippen molar-refractivity contribution in [2.24, 2.45) is 0 Å². The number of anilines is 3. The van der Waals surface area contributed by atoms with Gasteiger partial charge in [0, 0.05) is 12.1 Å². The van der Waals surface area contributed by atoms with Crippen molar-refractivity contribution in [3.05, 3.63) is 34.3 Å². The topological polar surface area (TPSA) is 94.0 Å². The van der Waals surface area contributed by atoms with Crippen LogP contribution in [0.25, 0.3) is 0 Å². The predicted molar refractivity (Wildman–Crippen MR) is 84.4 cm³/mol. The second-order valence-corrected chi connectivity index (χ2v) is 5.35. The molecule has 0 aliphatic rings. The van der Waals surface area contributed by atoms with Crippen molar-refractivity contribution >= 4 is 33.6 Å². The molecule has 0 aliphatic heterocycles. The van der Waals surface area contributed by atoms with E-state index in [4.69, 9.17) is 11.5 Å². The van der Waals surface area contributed by atoms with Crippen molar-refractivity contribution in [3.63, 3.8) is 0 Å². The van der Waals surface area contributed by atoms with E-state index in [1.54, 1.807) is 18.2 Å². The van der Waals surface area contributed by atoms with E-state index in [-0.39, 0.29) is 5.78 Å². The molecule has 2 rings (SSSR count). The Balaban J connectivity index is 2.39. The fourth-order valence-corrected chi connectivity index (χ4v) is 2.93. The normalized spacial score (nSPS) is 10.5. The molecule has 0 spiro atoms. The van der Waals surface area contributed by atoms with Crippen LogP contribution < -0.4 is 16.8 Å². The highest BCUT2D eigenvalue weighted by Gasteiger charge is 2.18. The van der Waals surface area contributed by atoms with Gasteiger partial charge in [-0.25, -0.2) is 4.98 Å². The molecule has 6 heteroatoms. The Labute approximate surface area is 122 Å². The second-order valence-electron chi connectivity index (χ2n) is 4.35. The summed E-state index contributed by atoms with van der Waals surface area (Å²) < 4.78 is 0. The molecular weight excluding hydrogens is 272 g/mol. The van der Waals surface area contributed by atoms with Crippen molar-refractivity contribution in [1.29, 1.82) is 0 Å². The van der Waals surface area contributed by atoms with Gasteiger partial charge < -0.3 is 16.8 Å². The van der Waals surface area contributed by atoms with E-state index in [1.165, 1.54) is 11.3 Å². The van der Waals surface area contributed by atoms with Gasteiger partial charge in [0.05, 0.1) is 17.1 Å². The van der Waals surface area contributed by atoms with Crippen molar-refractivity contribution < 1.29 is 4.79 Å². The minimum absolute atomic E-state index is 0.0600. The third kappa shape index (κ3) is 2.75. The molecule has 5 nitrogen and oxygen atoms in total. The monoisotopic (exact) mass is 290 g/mol. The van der Waals surface area contributed by atoms with Gasteiger partial charge in [-0.05, 0) is 31.5 Å². The summed E-state index contributed by atoms with van der Waals surface area (Å²) in [4.78, 5) is 17.6. The third-order valence-corrected chi connectivity index (χ3v) is 3.97. The molecule has 0 radical (unpaired) electrons. The van der Waals surface area contributed by atoms with Gasteiger partial charge in [-0.15, -0.1) is 0 Å². The summed E-state index contributed by atoms with van der Waals surface area (Å²) in [6.45, 7) is 4.76. The molecule has 0 bridgehead atoms. The fraction of sp³-hybridized carbons (Fsp3) is 0.286. The Morgan fingerprint density at radius 3 is 2.65 bits per heavy atom. The van der Waals surface area contributed by atoms with E-state index in [9.17, 15) is 4.79 Å². The van der Waals surface area contributed by atoms with E-state index >= 15 is 0 Å². The summed E-state index contributed by atoms with van der Waals surface area (Å²) in [6, 6.07) is 4.96. The van der Waals surface area contributed by atoms with E-state index < -0.39 is 0 Å². The molecule has 0 amide bonds. The Morgan fingerprint density at radius 1 is 1.30 bits per heavy atom. The van der Waals surface area contributed by atoms with Crippen LogP contribution in [0.2, 0.25) is 0 Å². The smallest absolute Gasteiger partial charge is 0.205 e. The molecule has 20 heavy (non-hydrogen) atoms. The third-order valence-electron chi connectivity index (χ3n) is 2.92. The van der Waals surface area contributed by atoms with Crippen molar-refractivity contribution in [3.8, 4) is 0 Å². The number of carbonyl (C=O) groups is 1. The van der Waals surface area contributed by atoms with Gasteiger partial charge in [-0.1, -0.05) is 18.3 Å². The fourth-order valence-electron chi connectivity index (χ4n) is 1.84. The number of thiazole rings is 1. The maximum absolute atomic E-state index is 12.6. The van der Waals surface area contributed by atoms with Gasteiger partial charge in [0.25, 0.3) is 0 Å². The zero-order chi connectivity index (χ0) is 14.7. The number of rotatable bonds is 5. The molecular formula is C14H18N4OS. The lowest BCUT2D eigenvalue weighted by Crippen LogP contribution is -2.04. The number of hydrogen-bond acceptors (Lipinski definition) is 6. The first-order valence-electron chi connectivity index (χ1n) is 6.50. The molecule has 2 aromatic rings. The van der Waals surface area contributed by atoms with Crippen molar-refractivity contribution in [2.45, 2.75) is 20.3 Å². The predicted octanol–water partition coefficient (Wildman–Crippen LogP) is 2.53. The molecule has 1 heterocycles. The van der Waals surface area contributed by atoms with Gasteiger partial charge in [0.1, 0.15) is 4.88 Å². The molecule has 1 aromatic heterocycles. The molecule has 0 saturated heterocycles. The van der Waals surface area contributed by atoms with Crippen LogP contribution in [0, 0.1) is 0 Å². The number of nitrogens with two attached hydrogens (primary N) is 2. The first-order chi connectivity index (χ1) is 9.56. The molecule has 106 valence electrons. The molecule has 0 aliphatic carbocycles. The summed E-state index contributed by atoms with van der Waals surface area (Å²) in [5.41, 5.74) is 13.7. The van der Waals surface area contributed by atoms with E-state index in [2.05, 4.69) is 10.3 Å². The average Bonchev–Trinajstić information content (AvgIpc) is 2.84. The molecule has 1 aromatic carbocycles. The second kappa shape index (κ2) is 5.92. The summed E-state index contributed by atoms with van der Waals surface area (Å²) in [5.74, 6) is -0.0600. The number of ketones is 1. The lowest BCUT2D eigenvalue weighted by atomic mass is 10.1. The van der Waals surface area contributed by atoms with Gasteiger partial charge in [-0.3, -0.25) is 4.79 Å². The number of carbonyl (C=O) groups excluding carboxylic acids is 1. The molecule has 0 saturated carbocycles. The van der Waals surface area contributed by atoms with Gasteiger partial charge >= 0.3 is 0 Å². The summed E-state index contributed by atoms with van der Waals surface area (Å²) in [7, 11) is 0. The lowest BCUT2D eigenvalue weighted by Gasteiger charge is -2.04. The van der Waals surface area contributed by atoms with Crippen molar-refractivity contribution in [2.75, 3.05) is 23.3 Å². The lowest BCUT2D eigenvalue weighted by molar-refractivity contribution is 0.104. The maximum atomic E-state index is 12.6. The van der Waals surface area contributed by atoms with Crippen molar-refractivity contribution in [1.82, 2.24) is 4.98 Å². The average molecular weight is 290 g/mol. The Hall–Kier alpha value is -2.08. The molecule has 5 N–H and O–H groups in total. The van der Waals surface area contributed by atoms with Crippen LogP contribution in [0.15, 0.2) is 18.2 Å². The molecule has 0 unspecified atom stereocenters. The number of benzene rings is 1. The zero-order valence-electron chi connectivity index (χ0n) is 11.6.